The molecule has 2 rings (SSSR count). The Balaban J connectivity index is 2.48. The Morgan fingerprint density at radius 3 is 2.74 bits per heavy atom. The first-order valence-corrected chi connectivity index (χ1v) is 5.78. The van der Waals surface area contributed by atoms with Gasteiger partial charge in [0.2, 0.25) is 5.88 Å². The van der Waals surface area contributed by atoms with Gasteiger partial charge in [0.15, 0.2) is 0 Å². The summed E-state index contributed by atoms with van der Waals surface area (Å²) in [4.78, 5) is 8.06. The van der Waals surface area contributed by atoms with Crippen LogP contribution in [0.5, 0.6) is 11.6 Å². The van der Waals surface area contributed by atoms with Crippen molar-refractivity contribution in [1.82, 2.24) is 9.97 Å². The van der Waals surface area contributed by atoms with Gasteiger partial charge in [-0.25, -0.2) is 9.37 Å². The van der Waals surface area contributed by atoms with Gasteiger partial charge in [-0.3, -0.25) is 0 Å². The smallest absolute Gasteiger partial charge is 0.227 e. The lowest BCUT2D eigenvalue weighted by Gasteiger charge is -2.10. The van der Waals surface area contributed by atoms with Crippen molar-refractivity contribution in [2.45, 2.75) is 13.8 Å². The number of hydrogen-bond donors (Lipinski definition) is 0. The number of aryl methyl sites for hydroxylation is 1. The zero-order valence-electron chi connectivity index (χ0n) is 10.2. The van der Waals surface area contributed by atoms with Crippen molar-refractivity contribution in [2.75, 3.05) is 0 Å². The topological polar surface area (TPSA) is 58.8 Å². The number of nitriles is 1. The second-order valence-electron chi connectivity index (χ2n) is 3.82. The van der Waals surface area contributed by atoms with Gasteiger partial charge in [-0.05, 0) is 26.0 Å². The molecule has 0 saturated heterocycles. The Morgan fingerprint density at radius 1 is 1.32 bits per heavy atom. The summed E-state index contributed by atoms with van der Waals surface area (Å²) in [5.74, 6) is 0.0920. The molecule has 0 saturated carbocycles. The van der Waals surface area contributed by atoms with Crippen molar-refractivity contribution in [2.24, 2.45) is 0 Å². The van der Waals surface area contributed by atoms with Crippen LogP contribution in [0.1, 0.15) is 17.0 Å². The van der Waals surface area contributed by atoms with E-state index in [1.807, 2.05) is 0 Å². The predicted molar refractivity (Wildman–Crippen MR) is 67.7 cm³/mol. The summed E-state index contributed by atoms with van der Waals surface area (Å²) in [5, 5.41) is 9.19. The third-order valence-corrected chi connectivity index (χ3v) is 2.82. The van der Waals surface area contributed by atoms with E-state index in [0.717, 1.165) is 0 Å². The summed E-state index contributed by atoms with van der Waals surface area (Å²) in [7, 11) is 0. The third-order valence-electron chi connectivity index (χ3n) is 2.45. The van der Waals surface area contributed by atoms with Gasteiger partial charge >= 0.3 is 0 Å². The zero-order chi connectivity index (χ0) is 14.0. The molecule has 0 unspecified atom stereocenters. The summed E-state index contributed by atoms with van der Waals surface area (Å²) in [6.45, 7) is 3.34. The monoisotopic (exact) mass is 277 g/mol. The summed E-state index contributed by atoms with van der Waals surface area (Å²) < 4.78 is 18.9. The van der Waals surface area contributed by atoms with Crippen LogP contribution in [0.15, 0.2) is 18.2 Å². The van der Waals surface area contributed by atoms with Crippen LogP contribution in [0.3, 0.4) is 0 Å². The Hall–Kier alpha value is -2.19. The number of nitrogens with zero attached hydrogens (tertiary/aromatic N) is 3. The zero-order valence-corrected chi connectivity index (χ0v) is 11.0. The highest BCUT2D eigenvalue weighted by atomic mass is 35.5. The molecule has 0 bridgehead atoms. The van der Waals surface area contributed by atoms with E-state index in [1.165, 1.54) is 18.2 Å². The molecule has 0 aliphatic rings. The second-order valence-corrected chi connectivity index (χ2v) is 4.18. The highest BCUT2D eigenvalue weighted by Gasteiger charge is 2.14. The third kappa shape index (κ3) is 2.64. The Labute approximate surface area is 114 Å². The van der Waals surface area contributed by atoms with Crippen LogP contribution in [0, 0.1) is 31.0 Å². The van der Waals surface area contributed by atoms with Crippen LogP contribution in [0.2, 0.25) is 5.15 Å². The molecule has 0 aliphatic carbocycles. The van der Waals surface area contributed by atoms with Crippen molar-refractivity contribution in [3.63, 3.8) is 0 Å². The Bertz CT molecular complexity index is 682. The fourth-order valence-electron chi connectivity index (χ4n) is 1.47. The maximum Gasteiger partial charge on any atom is 0.227 e. The molecule has 0 amide bonds. The molecule has 0 spiro atoms. The van der Waals surface area contributed by atoms with E-state index in [4.69, 9.17) is 21.6 Å². The predicted octanol–water partition coefficient (Wildman–Crippen LogP) is 3.55. The minimum absolute atomic E-state index is 0.0970. The van der Waals surface area contributed by atoms with E-state index in [1.54, 1.807) is 19.9 Å². The van der Waals surface area contributed by atoms with Gasteiger partial charge in [-0.15, -0.1) is 0 Å². The van der Waals surface area contributed by atoms with Gasteiger partial charge in [0, 0.05) is 5.56 Å². The van der Waals surface area contributed by atoms with Crippen LogP contribution < -0.4 is 4.74 Å². The first-order chi connectivity index (χ1) is 9.02. The number of hydrogen-bond acceptors (Lipinski definition) is 4. The Kier molecular flexibility index (Phi) is 3.63. The lowest BCUT2D eigenvalue weighted by Crippen LogP contribution is -1.99. The minimum Gasteiger partial charge on any atom is -0.437 e. The molecular weight excluding hydrogens is 269 g/mol. The minimum atomic E-state index is -0.644. The normalized spacial score (nSPS) is 10.1. The van der Waals surface area contributed by atoms with Gasteiger partial charge < -0.3 is 4.74 Å². The van der Waals surface area contributed by atoms with Crippen LogP contribution in [0.25, 0.3) is 0 Å². The molecule has 0 fully saturated rings. The van der Waals surface area contributed by atoms with E-state index in [2.05, 4.69) is 9.97 Å². The quantitative estimate of drug-likeness (QED) is 0.788. The van der Waals surface area contributed by atoms with E-state index in [-0.39, 0.29) is 22.3 Å². The van der Waals surface area contributed by atoms with E-state index in [0.29, 0.717) is 11.4 Å². The second kappa shape index (κ2) is 5.21. The highest BCUT2D eigenvalue weighted by molar-refractivity contribution is 6.30. The van der Waals surface area contributed by atoms with Crippen LogP contribution in [-0.2, 0) is 0 Å². The first-order valence-electron chi connectivity index (χ1n) is 5.40. The lowest BCUT2D eigenvalue weighted by molar-refractivity contribution is 0.449. The number of benzene rings is 1. The number of rotatable bonds is 2. The molecule has 1 aromatic carbocycles. The van der Waals surface area contributed by atoms with Gasteiger partial charge in [0.1, 0.15) is 34.2 Å². The van der Waals surface area contributed by atoms with E-state index < -0.39 is 5.82 Å². The van der Waals surface area contributed by atoms with Gasteiger partial charge in [-0.2, -0.15) is 10.2 Å². The van der Waals surface area contributed by atoms with Gasteiger partial charge in [0.25, 0.3) is 0 Å². The molecule has 96 valence electrons. The number of halogens is 2. The molecule has 0 aliphatic heterocycles. The van der Waals surface area contributed by atoms with E-state index in [9.17, 15) is 4.39 Å². The molecule has 2 aromatic rings. The summed E-state index contributed by atoms with van der Waals surface area (Å²) in [6.07, 6.45) is 0. The van der Waals surface area contributed by atoms with Gasteiger partial charge in [0.05, 0.1) is 0 Å². The van der Waals surface area contributed by atoms with Gasteiger partial charge in [-0.1, -0.05) is 17.7 Å². The van der Waals surface area contributed by atoms with Crippen molar-refractivity contribution in [1.29, 1.82) is 5.26 Å². The molecule has 1 aromatic heterocycles. The van der Waals surface area contributed by atoms with Crippen LogP contribution in [0.4, 0.5) is 4.39 Å². The molecule has 1 heterocycles. The maximum absolute atomic E-state index is 13.5. The summed E-state index contributed by atoms with van der Waals surface area (Å²) in [5.41, 5.74) is 0.356. The number of aromatic nitrogens is 2. The first kappa shape index (κ1) is 13.2. The molecule has 0 atom stereocenters. The summed E-state index contributed by atoms with van der Waals surface area (Å²) in [6, 6.07) is 5.89. The highest BCUT2D eigenvalue weighted by Crippen LogP contribution is 2.29. The molecular formula is C13H9ClFN3O. The lowest BCUT2D eigenvalue weighted by atomic mass is 10.2. The SMILES string of the molecule is Cc1nc(Cl)c(C)c(Oc2cccc(F)c2C#N)n1. The van der Waals surface area contributed by atoms with Crippen molar-refractivity contribution in [3.05, 3.63) is 46.1 Å². The average Bonchev–Trinajstić information content (AvgIpc) is 2.35. The van der Waals surface area contributed by atoms with Crippen molar-refractivity contribution < 1.29 is 9.13 Å². The molecule has 19 heavy (non-hydrogen) atoms. The van der Waals surface area contributed by atoms with Crippen LogP contribution >= 0.6 is 11.6 Å². The molecule has 0 radical (unpaired) electrons. The fraction of sp³-hybridized carbons (Fsp3) is 0.154. The van der Waals surface area contributed by atoms with Crippen LogP contribution in [-0.4, -0.2) is 9.97 Å². The van der Waals surface area contributed by atoms with Crippen molar-refractivity contribution >= 4 is 11.6 Å². The van der Waals surface area contributed by atoms with E-state index >= 15 is 0 Å². The fourth-order valence-corrected chi connectivity index (χ4v) is 1.67. The summed E-state index contributed by atoms with van der Waals surface area (Å²) >= 11 is 5.92. The standard InChI is InChI=1S/C13H9ClFN3O/c1-7-12(14)17-8(2)18-13(7)19-11-5-3-4-10(15)9(11)6-16/h3-5H,1-2H3. The average molecular weight is 278 g/mol. The Morgan fingerprint density at radius 2 is 2.05 bits per heavy atom. The number of ether oxygens (including phenoxy) is 1. The molecule has 6 heteroatoms. The van der Waals surface area contributed by atoms with Crippen molar-refractivity contribution in [3.8, 4) is 17.7 Å². The largest absolute Gasteiger partial charge is 0.437 e. The molecule has 4 nitrogen and oxygen atoms in total. The maximum atomic E-state index is 13.5. The molecule has 0 N–H and O–H groups in total.